The molecule has 0 N–H and O–H groups in total. The minimum absolute atomic E-state index is 0.0686. The Morgan fingerprint density at radius 1 is 1.12 bits per heavy atom. The van der Waals surface area contributed by atoms with E-state index in [0.717, 1.165) is 23.8 Å². The standard InChI is InChI=1S/C18H18FNO3S/c1-12-9-14(18(2,3)4)5-8-17(12)23-24(21,22)15-6-7-16(19)13(10-15)11-20/h5-10H,1-4H3. The predicted molar refractivity (Wildman–Crippen MR) is 88.8 cm³/mol. The van der Waals surface area contributed by atoms with E-state index in [2.05, 4.69) is 20.8 Å². The van der Waals surface area contributed by atoms with E-state index in [1.165, 1.54) is 0 Å². The van der Waals surface area contributed by atoms with Gasteiger partial charge in [-0.3, -0.25) is 0 Å². The molecule has 0 atom stereocenters. The smallest absolute Gasteiger partial charge is 0.339 e. The number of nitriles is 1. The van der Waals surface area contributed by atoms with Crippen LogP contribution in [0.15, 0.2) is 41.3 Å². The van der Waals surface area contributed by atoms with Crippen molar-refractivity contribution in [2.75, 3.05) is 0 Å². The topological polar surface area (TPSA) is 67.2 Å². The molecule has 0 amide bonds. The molecule has 0 aliphatic carbocycles. The fraction of sp³-hybridized carbons (Fsp3) is 0.278. The second-order valence-electron chi connectivity index (χ2n) is 6.52. The van der Waals surface area contributed by atoms with Crippen LogP contribution in [-0.2, 0) is 15.5 Å². The molecule has 2 rings (SSSR count). The Morgan fingerprint density at radius 3 is 2.33 bits per heavy atom. The number of aryl methyl sites for hydroxylation is 1. The van der Waals surface area contributed by atoms with E-state index >= 15 is 0 Å². The number of nitrogens with zero attached hydrogens (tertiary/aromatic N) is 1. The predicted octanol–water partition coefficient (Wildman–Crippen LogP) is 4.07. The maximum absolute atomic E-state index is 13.3. The summed E-state index contributed by atoms with van der Waals surface area (Å²) in [6.45, 7) is 7.93. The number of hydrogen-bond acceptors (Lipinski definition) is 4. The summed E-state index contributed by atoms with van der Waals surface area (Å²) in [7, 11) is -4.15. The van der Waals surface area contributed by atoms with Gasteiger partial charge >= 0.3 is 10.1 Å². The Labute approximate surface area is 141 Å². The van der Waals surface area contributed by atoms with Crippen LogP contribution in [0.1, 0.15) is 37.5 Å². The van der Waals surface area contributed by atoms with Gasteiger partial charge in [-0.05, 0) is 47.7 Å². The molecule has 0 unspecified atom stereocenters. The Morgan fingerprint density at radius 2 is 1.79 bits per heavy atom. The van der Waals surface area contributed by atoms with Crippen LogP contribution in [0.2, 0.25) is 0 Å². The van der Waals surface area contributed by atoms with Gasteiger partial charge in [-0.25, -0.2) is 4.39 Å². The molecule has 24 heavy (non-hydrogen) atoms. The first kappa shape index (κ1) is 18.0. The number of hydrogen-bond donors (Lipinski definition) is 0. The molecule has 0 bridgehead atoms. The van der Waals surface area contributed by atoms with Crippen LogP contribution in [-0.4, -0.2) is 8.42 Å². The van der Waals surface area contributed by atoms with Crippen LogP contribution in [0.4, 0.5) is 4.39 Å². The average molecular weight is 347 g/mol. The molecule has 2 aromatic carbocycles. The van der Waals surface area contributed by atoms with E-state index in [1.807, 2.05) is 12.1 Å². The van der Waals surface area contributed by atoms with Gasteiger partial charge in [0, 0.05) is 0 Å². The number of halogens is 1. The van der Waals surface area contributed by atoms with Gasteiger partial charge in [0.2, 0.25) is 0 Å². The molecule has 4 nitrogen and oxygen atoms in total. The molecule has 0 saturated carbocycles. The third-order valence-corrected chi connectivity index (χ3v) is 4.82. The second-order valence-corrected chi connectivity index (χ2v) is 8.07. The average Bonchev–Trinajstić information content (AvgIpc) is 2.48. The summed E-state index contributed by atoms with van der Waals surface area (Å²) >= 11 is 0. The molecule has 6 heteroatoms. The summed E-state index contributed by atoms with van der Waals surface area (Å²) < 4.78 is 43.2. The maximum atomic E-state index is 13.3. The van der Waals surface area contributed by atoms with Crippen molar-refractivity contribution < 1.29 is 17.0 Å². The van der Waals surface area contributed by atoms with Crippen molar-refractivity contribution in [3.8, 4) is 11.8 Å². The van der Waals surface area contributed by atoms with Crippen LogP contribution in [0.25, 0.3) is 0 Å². The van der Waals surface area contributed by atoms with Crippen LogP contribution in [0, 0.1) is 24.1 Å². The van der Waals surface area contributed by atoms with Gasteiger partial charge in [-0.15, -0.1) is 0 Å². The van der Waals surface area contributed by atoms with Crippen molar-refractivity contribution in [2.45, 2.75) is 38.0 Å². The Bertz CT molecular complexity index is 922. The van der Waals surface area contributed by atoms with Crippen molar-refractivity contribution in [2.24, 2.45) is 0 Å². The van der Waals surface area contributed by atoms with E-state index in [0.29, 0.717) is 5.56 Å². The first-order valence-corrected chi connectivity index (χ1v) is 8.71. The molecule has 0 spiro atoms. The van der Waals surface area contributed by atoms with E-state index < -0.39 is 15.9 Å². The van der Waals surface area contributed by atoms with E-state index in [9.17, 15) is 12.8 Å². The largest absolute Gasteiger partial charge is 0.379 e. The lowest BCUT2D eigenvalue weighted by Crippen LogP contribution is -2.13. The highest BCUT2D eigenvalue weighted by molar-refractivity contribution is 7.87. The Kier molecular flexibility index (Phi) is 4.68. The van der Waals surface area contributed by atoms with Gasteiger partial charge in [0.1, 0.15) is 22.5 Å². The Balaban J connectivity index is 2.38. The lowest BCUT2D eigenvalue weighted by molar-refractivity contribution is 0.483. The minimum atomic E-state index is -4.15. The van der Waals surface area contributed by atoms with Crippen molar-refractivity contribution >= 4 is 10.1 Å². The molecular weight excluding hydrogens is 329 g/mol. The second kappa shape index (κ2) is 6.25. The lowest BCUT2D eigenvalue weighted by Gasteiger charge is -2.20. The quantitative estimate of drug-likeness (QED) is 0.785. The van der Waals surface area contributed by atoms with Crippen LogP contribution < -0.4 is 4.18 Å². The summed E-state index contributed by atoms with van der Waals surface area (Å²) in [4.78, 5) is -0.264. The summed E-state index contributed by atoms with van der Waals surface area (Å²) in [5.41, 5.74) is 1.31. The van der Waals surface area contributed by atoms with Crippen molar-refractivity contribution in [1.29, 1.82) is 5.26 Å². The van der Waals surface area contributed by atoms with Gasteiger partial charge in [0.15, 0.2) is 0 Å². The molecule has 0 fully saturated rings. The molecule has 0 aliphatic heterocycles. The van der Waals surface area contributed by atoms with E-state index in [4.69, 9.17) is 9.44 Å². The normalized spacial score (nSPS) is 11.8. The summed E-state index contributed by atoms with van der Waals surface area (Å²) in [6.07, 6.45) is 0. The van der Waals surface area contributed by atoms with Gasteiger partial charge in [0.05, 0.1) is 5.56 Å². The van der Waals surface area contributed by atoms with E-state index in [1.54, 1.807) is 19.1 Å². The first-order chi connectivity index (χ1) is 11.0. The van der Waals surface area contributed by atoms with Crippen LogP contribution in [0.5, 0.6) is 5.75 Å². The zero-order chi connectivity index (χ0) is 18.1. The molecule has 0 saturated heterocycles. The fourth-order valence-electron chi connectivity index (χ4n) is 2.12. The monoisotopic (exact) mass is 347 g/mol. The molecular formula is C18H18FNO3S. The third kappa shape index (κ3) is 3.74. The van der Waals surface area contributed by atoms with Gasteiger partial charge in [-0.1, -0.05) is 32.9 Å². The zero-order valence-electron chi connectivity index (χ0n) is 13.9. The summed E-state index contributed by atoms with van der Waals surface area (Å²) in [5, 5.41) is 8.82. The molecule has 0 aromatic heterocycles. The number of benzene rings is 2. The SMILES string of the molecule is Cc1cc(C(C)(C)C)ccc1OS(=O)(=O)c1ccc(F)c(C#N)c1. The van der Waals surface area contributed by atoms with Gasteiger partial charge in [0.25, 0.3) is 0 Å². The molecule has 0 heterocycles. The van der Waals surface area contributed by atoms with Crippen LogP contribution in [0.3, 0.4) is 0 Å². The highest BCUT2D eigenvalue weighted by Crippen LogP contribution is 2.29. The van der Waals surface area contributed by atoms with Crippen molar-refractivity contribution in [3.63, 3.8) is 0 Å². The molecule has 0 radical (unpaired) electrons. The van der Waals surface area contributed by atoms with Gasteiger partial charge in [-0.2, -0.15) is 13.7 Å². The zero-order valence-corrected chi connectivity index (χ0v) is 14.7. The summed E-state index contributed by atoms with van der Waals surface area (Å²) in [5.74, 6) is -0.576. The fourth-order valence-corrected chi connectivity index (χ4v) is 3.14. The first-order valence-electron chi connectivity index (χ1n) is 7.30. The van der Waals surface area contributed by atoms with Crippen molar-refractivity contribution in [3.05, 3.63) is 58.9 Å². The molecule has 0 aliphatic rings. The minimum Gasteiger partial charge on any atom is -0.379 e. The van der Waals surface area contributed by atoms with Crippen LogP contribution >= 0.6 is 0 Å². The highest BCUT2D eigenvalue weighted by atomic mass is 32.2. The molecule has 2 aromatic rings. The highest BCUT2D eigenvalue weighted by Gasteiger charge is 2.21. The Hall–Kier alpha value is -2.39. The maximum Gasteiger partial charge on any atom is 0.339 e. The third-order valence-electron chi connectivity index (χ3n) is 3.59. The van der Waals surface area contributed by atoms with Gasteiger partial charge < -0.3 is 4.18 Å². The van der Waals surface area contributed by atoms with E-state index in [-0.39, 0.29) is 21.6 Å². The summed E-state index contributed by atoms with van der Waals surface area (Å²) in [6, 6.07) is 9.86. The number of rotatable bonds is 3. The lowest BCUT2D eigenvalue weighted by atomic mass is 9.86. The molecule has 126 valence electrons. The van der Waals surface area contributed by atoms with Crippen molar-refractivity contribution in [1.82, 2.24) is 0 Å².